The number of imidazole rings is 1. The number of carbonyl (C=O) groups excluding carboxylic acids is 1. The Morgan fingerprint density at radius 3 is 1.03 bits per heavy atom. The molecule has 0 radical (unpaired) electrons. The molecule has 20 rings (SSSR count). The Bertz CT molecular complexity index is 6840. The van der Waals surface area contributed by atoms with Crippen LogP contribution in [0.15, 0.2) is 129 Å². The zero-order valence-electron chi connectivity index (χ0n) is 74.6. The predicted octanol–water partition coefficient (Wildman–Crippen LogP) is 25.0. The number of benzene rings is 5. The minimum atomic E-state index is -0.559. The molecule has 10 aromatic heterocycles. The number of alkyl halides is 1. The van der Waals surface area contributed by atoms with Crippen LogP contribution in [0.4, 0.5) is 57.8 Å². The molecule has 48 heteroatoms. The zero-order valence-corrected chi connectivity index (χ0v) is 86.2. The first-order valence-electron chi connectivity index (χ1n) is 43.2. The van der Waals surface area contributed by atoms with Gasteiger partial charge in [0.25, 0.3) is 0 Å². The van der Waals surface area contributed by atoms with Gasteiger partial charge in [-0.3, -0.25) is 25.2 Å². The summed E-state index contributed by atoms with van der Waals surface area (Å²) in [4.78, 5) is 65.2. The van der Waals surface area contributed by atoms with Crippen molar-refractivity contribution in [1.82, 2.24) is 65.7 Å². The largest absolute Gasteiger partial charge is 0.463 e. The Balaban J connectivity index is 0.000000128. The first kappa shape index (κ1) is 104. The minimum absolute atomic E-state index is 0.0694. The van der Waals surface area contributed by atoms with Crippen molar-refractivity contribution in [3.8, 4) is 109 Å². The summed E-state index contributed by atoms with van der Waals surface area (Å²) in [6, 6.07) is 26.2. The molecule has 0 spiro atoms. The Morgan fingerprint density at radius 1 is 0.423 bits per heavy atom. The summed E-state index contributed by atoms with van der Waals surface area (Å²) in [5.41, 5.74) is 11.7. The van der Waals surface area contributed by atoms with Crippen LogP contribution in [0.3, 0.4) is 0 Å². The molecular weight excluding hydrogens is 2130 g/mol. The van der Waals surface area contributed by atoms with E-state index >= 15 is 0 Å². The van der Waals surface area contributed by atoms with Crippen LogP contribution in [-0.4, -0.2) is 238 Å². The van der Waals surface area contributed by atoms with Gasteiger partial charge in [0, 0.05) is 163 Å². The lowest BCUT2D eigenvalue weighted by atomic mass is 10.0. The van der Waals surface area contributed by atoms with E-state index in [1.165, 1.54) is 71.3 Å². The van der Waals surface area contributed by atoms with Gasteiger partial charge in [0.05, 0.1) is 159 Å². The van der Waals surface area contributed by atoms with E-state index in [0.717, 1.165) is 84.9 Å². The van der Waals surface area contributed by atoms with Gasteiger partial charge in [-0.25, -0.2) is 48.6 Å². The van der Waals surface area contributed by atoms with Crippen LogP contribution < -0.4 is 24.5 Å². The fourth-order valence-corrected chi connectivity index (χ4v) is 25.0. The molecule has 15 aromatic rings. The molecule has 5 aromatic carbocycles. The van der Waals surface area contributed by atoms with E-state index in [1.54, 1.807) is 115 Å². The van der Waals surface area contributed by atoms with Crippen LogP contribution in [0.1, 0.15) is 12.5 Å². The summed E-state index contributed by atoms with van der Waals surface area (Å²) in [5.74, 6) is 1.97. The average Bonchev–Trinajstić information content (AvgIpc) is 1.62. The van der Waals surface area contributed by atoms with Crippen molar-refractivity contribution in [2.45, 2.75) is 38.3 Å². The molecule has 730 valence electrons. The quantitative estimate of drug-likeness (QED) is 0.0275. The second-order valence-electron chi connectivity index (χ2n) is 31.5. The number of thiophene rings is 5. The second kappa shape index (κ2) is 48.1. The Kier molecular flexibility index (Phi) is 35.1. The van der Waals surface area contributed by atoms with Crippen molar-refractivity contribution in [2.75, 3.05) is 156 Å². The molecule has 15 heterocycles. The number of aryl methyl sites for hydroxylation is 1. The summed E-state index contributed by atoms with van der Waals surface area (Å²) < 4.78 is 46.0. The number of hydrogen-bond donors (Lipinski definition) is 7. The molecule has 0 amide bonds. The van der Waals surface area contributed by atoms with Crippen molar-refractivity contribution in [3.63, 3.8) is 0 Å². The molecule has 0 saturated carbocycles. The number of aromatic amines is 5. The van der Waals surface area contributed by atoms with Crippen molar-refractivity contribution < 1.29 is 47.8 Å². The Morgan fingerprint density at radius 2 is 0.732 bits per heavy atom. The lowest BCUT2D eigenvalue weighted by molar-refractivity contribution is -0.145. The number of carbonyl (C=O) groups is 1. The molecule has 32 nitrogen and oxygen atoms in total. The van der Waals surface area contributed by atoms with Crippen molar-refractivity contribution >= 4 is 232 Å². The number of morpholine rings is 5. The van der Waals surface area contributed by atoms with E-state index in [9.17, 15) is 19.4 Å². The summed E-state index contributed by atoms with van der Waals surface area (Å²) in [7, 11) is 0. The zero-order chi connectivity index (χ0) is 99.9. The Labute approximate surface area is 882 Å². The highest BCUT2D eigenvalue weighted by Crippen LogP contribution is 2.60. The number of hydrogen-bond acceptors (Lipinski definition) is 27. The molecule has 5 fully saturated rings. The normalized spacial score (nSPS) is 16.3. The summed E-state index contributed by atoms with van der Waals surface area (Å²) in [6.45, 7) is 51.2. The molecule has 5 saturated heterocycles. The van der Waals surface area contributed by atoms with Crippen molar-refractivity contribution in [2.24, 2.45) is 0 Å². The van der Waals surface area contributed by atoms with E-state index in [2.05, 4.69) is 110 Å². The average molecular weight is 2210 g/mol. The third-order valence-corrected chi connectivity index (χ3v) is 31.6. The van der Waals surface area contributed by atoms with Crippen LogP contribution in [0.25, 0.3) is 133 Å². The van der Waals surface area contributed by atoms with Crippen LogP contribution >= 0.6 is 173 Å². The fourth-order valence-electron chi connectivity index (χ4n) is 16.1. The molecule has 0 bridgehead atoms. The number of ether oxygens (including phenoxy) is 6. The molecule has 0 aliphatic carbocycles. The van der Waals surface area contributed by atoms with Crippen LogP contribution in [0.5, 0.6) is 0 Å². The first-order valence-corrected chi connectivity index (χ1v) is 51.1. The number of aliphatic hydroxyl groups is 2. The second-order valence-corrected chi connectivity index (χ2v) is 40.7. The predicted molar refractivity (Wildman–Crippen MR) is 564 cm³/mol. The first-order chi connectivity index (χ1) is 68.9. The maximum Gasteiger partial charge on any atom is 0.302 e. The molecular formula is C94H78Cl10FN23O9S5. The van der Waals surface area contributed by atoms with E-state index in [1.807, 2.05) is 17.9 Å². The van der Waals surface area contributed by atoms with Crippen LogP contribution in [-0.2, 0) is 33.2 Å². The van der Waals surface area contributed by atoms with Gasteiger partial charge in [-0.1, -0.05) is 146 Å². The third-order valence-electron chi connectivity index (χ3n) is 22.6. The minimum Gasteiger partial charge on any atom is -0.463 e. The molecule has 7 N–H and O–H groups in total. The lowest BCUT2D eigenvalue weighted by Crippen LogP contribution is -2.44. The number of anilines is 5. The van der Waals surface area contributed by atoms with E-state index in [0.29, 0.717) is 238 Å². The number of aromatic nitrogens is 13. The summed E-state index contributed by atoms with van der Waals surface area (Å²) >= 11 is 70.1. The highest BCUT2D eigenvalue weighted by molar-refractivity contribution is 7.22. The Hall–Kier alpha value is -11.1. The maximum absolute atomic E-state index is 13.2. The number of nitrogens with zero attached hydrogens (tertiary/aromatic N) is 18. The topological polar surface area (TPSA) is 333 Å². The maximum atomic E-state index is 13.2. The fraction of sp³-hybridized carbons (Fsp3) is 0.277. The molecule has 5 aliphatic rings. The number of rotatable bonds is 20. The number of nitrogens with one attached hydrogen (secondary N) is 5. The smallest absolute Gasteiger partial charge is 0.302 e. The number of halogens is 11. The van der Waals surface area contributed by atoms with E-state index in [-0.39, 0.29) is 44.1 Å². The number of aliphatic hydroxyl groups excluding tert-OH is 2. The standard InChI is InChI=1S/C20H17Cl2N5O3S.C19H15Cl2FN4OS.C19H16Cl2N4OS.2C18H15Cl2N5O2S/c1-11(28)30-9-13-8-27(5-6-29-13)20-17(23-2)16(14-4-3-12(21)7-15(14)22)18(31-20)19-24-10-25-26-19;1-23-16-15(13-3-2-11(20)8-14(13)21)17(18-24-4-5-25-18)28-19(16)26-6-7-27-12(9-22)10-26;1-11-10-23-24-16(11)18-15(13-4-3-12(20)9-14(13)21)17(22-2)19(27-18)25-5-7-26-8-6-25;2*1-21-15-14(12-3-2-10(19)6-13(12)20)16(17-22-9-23-24-17)28-18(15)25-4-5-27-11(7-25)8-26/h3-4,7,10,13H,5-6,8-9H2,1H3,(H,24,25,26);2-5,8,12H,6-7,9-10H2,(H,24,25);3-4,9-10H,5-8H2,1H3,(H,23,24);2*2-3,6,9,11,26H,4-5,7-8H2,(H,22,23,24)/t;;;11-;/m...0./s1. The lowest BCUT2D eigenvalue weighted by Gasteiger charge is -2.33. The molecule has 4 atom stereocenters. The van der Waals surface area contributed by atoms with E-state index in [4.69, 9.17) is 177 Å². The molecule has 3 unspecified atom stereocenters. The number of esters is 1. The molecule has 5 aliphatic heterocycles. The van der Waals surface area contributed by atoms with Gasteiger partial charge in [0.15, 0.2) is 17.5 Å². The monoisotopic (exact) mass is 2200 g/mol. The SMILES string of the molecule is [C-]#[N+]c1c(N2CCOC(CF)C2)sc(-c2ncc[nH]2)c1-c1ccc(Cl)cc1Cl.[C-]#[N+]c1c(N2CCOC(CO)C2)sc(-c2ncn[nH]2)c1-c1ccc(Cl)cc1Cl.[C-]#[N+]c1c(N2CCOC(COC(C)=O)C2)sc(-c2ncn[nH]2)c1-c1ccc(Cl)cc1Cl.[C-]#[N+]c1c(N2CCOCC2)sc(-c2[nH]ncc2C)c1-c1ccc(Cl)cc1Cl.[C-]#[N+]c1c(N2CCO[C@H](CO)C2)sc(-c2ncn[nH]2)c1-c1ccc(Cl)cc1Cl. The van der Waals surface area contributed by atoms with Gasteiger partial charge >= 0.3 is 5.97 Å². The van der Waals surface area contributed by atoms with Gasteiger partial charge in [0.1, 0.15) is 50.3 Å². The van der Waals surface area contributed by atoms with Crippen molar-refractivity contribution in [1.29, 1.82) is 0 Å². The summed E-state index contributed by atoms with van der Waals surface area (Å²) in [6.07, 6.45) is 8.10. The van der Waals surface area contributed by atoms with Gasteiger partial charge in [-0.05, 0) is 101 Å². The summed E-state index contributed by atoms with van der Waals surface area (Å²) in [5, 5.41) is 55.7. The number of H-pyrrole nitrogens is 5. The van der Waals surface area contributed by atoms with Gasteiger partial charge in [0.2, 0.25) is 28.4 Å². The molecule has 142 heavy (non-hydrogen) atoms. The van der Waals surface area contributed by atoms with Gasteiger partial charge in [-0.15, -0.1) is 56.7 Å². The third kappa shape index (κ3) is 23.3. The van der Waals surface area contributed by atoms with Crippen molar-refractivity contribution in [3.05, 3.63) is 241 Å². The van der Waals surface area contributed by atoms with E-state index < -0.39 is 12.8 Å². The van der Waals surface area contributed by atoms with Crippen LogP contribution in [0.2, 0.25) is 50.2 Å². The van der Waals surface area contributed by atoms with Gasteiger partial charge < -0.3 is 68.1 Å². The van der Waals surface area contributed by atoms with Crippen LogP contribution in [0, 0.1) is 39.8 Å². The highest BCUT2D eigenvalue weighted by Gasteiger charge is 2.37. The highest BCUT2D eigenvalue weighted by atomic mass is 35.5. The van der Waals surface area contributed by atoms with Gasteiger partial charge in [-0.2, -0.15) is 20.4 Å².